The van der Waals surface area contributed by atoms with E-state index in [0.717, 1.165) is 12.1 Å². The Hall–Kier alpha value is -2.15. The number of hydrogen-bond donors (Lipinski definition) is 5. The lowest BCUT2D eigenvalue weighted by Crippen LogP contribution is -2.31. The van der Waals surface area contributed by atoms with Crippen LogP contribution in [0.2, 0.25) is 0 Å². The molecule has 1 rings (SSSR count). The van der Waals surface area contributed by atoms with E-state index >= 15 is 0 Å². The van der Waals surface area contributed by atoms with Gasteiger partial charge >= 0.3 is 6.03 Å². The summed E-state index contributed by atoms with van der Waals surface area (Å²) >= 11 is 0. The van der Waals surface area contributed by atoms with Crippen LogP contribution in [0.5, 0.6) is 17.2 Å². The predicted molar refractivity (Wildman–Crippen MR) is 60.3 cm³/mol. The van der Waals surface area contributed by atoms with E-state index in [1.54, 1.807) is 0 Å². The monoisotopic (exact) mass is 242 g/mol. The summed E-state index contributed by atoms with van der Waals surface area (Å²) in [5.41, 5.74) is 0.160. The molecular formula is C10H14N2O5. The van der Waals surface area contributed by atoms with Gasteiger partial charge in [-0.15, -0.1) is 0 Å². The van der Waals surface area contributed by atoms with Crippen molar-refractivity contribution in [3.63, 3.8) is 0 Å². The number of methoxy groups -OCH3 is 1. The van der Waals surface area contributed by atoms with Gasteiger partial charge in [-0.25, -0.2) is 4.79 Å². The van der Waals surface area contributed by atoms with Gasteiger partial charge < -0.3 is 30.7 Å². The number of ether oxygens (including phenoxy) is 1. The molecule has 0 aliphatic heterocycles. The van der Waals surface area contributed by atoms with E-state index in [9.17, 15) is 15.0 Å². The first kappa shape index (κ1) is 12.9. The number of amides is 2. The summed E-state index contributed by atoms with van der Waals surface area (Å²) in [6.07, 6.45) is 0. The lowest BCUT2D eigenvalue weighted by molar-refractivity contribution is 0.198. The molecule has 0 unspecified atom stereocenters. The molecule has 1 aromatic rings. The largest absolute Gasteiger partial charge is 0.504 e. The van der Waals surface area contributed by atoms with Gasteiger partial charge in [-0.2, -0.15) is 0 Å². The molecule has 0 fully saturated rings. The minimum Gasteiger partial charge on any atom is -0.504 e. The number of aromatic hydroxyl groups is 3. The van der Waals surface area contributed by atoms with E-state index in [4.69, 9.17) is 9.84 Å². The van der Waals surface area contributed by atoms with E-state index in [2.05, 4.69) is 10.6 Å². The van der Waals surface area contributed by atoms with Crippen molar-refractivity contribution >= 4 is 11.7 Å². The van der Waals surface area contributed by atoms with Gasteiger partial charge in [-0.3, -0.25) is 0 Å². The van der Waals surface area contributed by atoms with Crippen molar-refractivity contribution in [2.45, 2.75) is 0 Å². The summed E-state index contributed by atoms with van der Waals surface area (Å²) in [5, 5.41) is 32.4. The first-order valence-electron chi connectivity index (χ1n) is 4.83. The molecule has 1 aromatic carbocycles. The number of nitrogens with one attached hydrogen (secondary N) is 2. The van der Waals surface area contributed by atoms with Crippen LogP contribution in [0.25, 0.3) is 0 Å². The average Bonchev–Trinajstić information content (AvgIpc) is 2.26. The molecule has 0 radical (unpaired) electrons. The molecule has 0 aliphatic carbocycles. The minimum atomic E-state index is -0.629. The van der Waals surface area contributed by atoms with Crippen molar-refractivity contribution in [3.05, 3.63) is 12.1 Å². The van der Waals surface area contributed by atoms with Crippen LogP contribution in [0.1, 0.15) is 0 Å². The number of carbonyl (C=O) groups excluding carboxylic acids is 1. The number of benzene rings is 1. The van der Waals surface area contributed by atoms with E-state index in [0.29, 0.717) is 13.2 Å². The number of anilines is 1. The highest BCUT2D eigenvalue weighted by molar-refractivity contribution is 5.90. The molecule has 7 heteroatoms. The summed E-state index contributed by atoms with van der Waals surface area (Å²) in [6, 6.07) is 1.72. The van der Waals surface area contributed by atoms with Crippen molar-refractivity contribution in [2.24, 2.45) is 0 Å². The fourth-order valence-electron chi connectivity index (χ4n) is 1.12. The zero-order chi connectivity index (χ0) is 12.8. The van der Waals surface area contributed by atoms with Crippen LogP contribution in [0.4, 0.5) is 10.5 Å². The Morgan fingerprint density at radius 1 is 1.29 bits per heavy atom. The summed E-state index contributed by atoms with van der Waals surface area (Å²) in [5.74, 6) is -1.66. The molecular weight excluding hydrogens is 228 g/mol. The van der Waals surface area contributed by atoms with Gasteiger partial charge in [0.05, 0.1) is 12.3 Å². The third-order valence-electron chi connectivity index (χ3n) is 1.92. The van der Waals surface area contributed by atoms with Crippen LogP contribution >= 0.6 is 0 Å². The third-order valence-corrected chi connectivity index (χ3v) is 1.92. The summed E-state index contributed by atoms with van der Waals surface area (Å²) < 4.78 is 4.74. The molecule has 0 saturated carbocycles. The number of phenols is 3. The summed E-state index contributed by atoms with van der Waals surface area (Å²) in [6.45, 7) is 0.706. The van der Waals surface area contributed by atoms with Crippen molar-refractivity contribution in [1.82, 2.24) is 5.32 Å². The Bertz CT molecular complexity index is 385. The fourth-order valence-corrected chi connectivity index (χ4v) is 1.12. The van der Waals surface area contributed by atoms with Gasteiger partial charge in [0.25, 0.3) is 0 Å². The number of rotatable bonds is 4. The van der Waals surface area contributed by atoms with Crippen LogP contribution in [-0.4, -0.2) is 41.6 Å². The molecule has 5 N–H and O–H groups in total. The van der Waals surface area contributed by atoms with Crippen LogP contribution in [-0.2, 0) is 4.74 Å². The molecule has 0 saturated heterocycles. The Balaban J connectivity index is 2.60. The van der Waals surface area contributed by atoms with Crippen LogP contribution < -0.4 is 10.6 Å². The topological polar surface area (TPSA) is 111 Å². The van der Waals surface area contributed by atoms with Gasteiger partial charge in [0.1, 0.15) is 0 Å². The van der Waals surface area contributed by atoms with Crippen molar-refractivity contribution in [2.75, 3.05) is 25.6 Å². The molecule has 0 bridgehead atoms. The first-order valence-corrected chi connectivity index (χ1v) is 4.83. The third kappa shape index (κ3) is 3.72. The average molecular weight is 242 g/mol. The first-order chi connectivity index (χ1) is 8.04. The molecule has 94 valence electrons. The smallest absolute Gasteiger partial charge is 0.319 e. The molecule has 0 aromatic heterocycles. The molecule has 2 amide bonds. The minimum absolute atomic E-state index is 0.160. The second-order valence-corrected chi connectivity index (χ2v) is 3.24. The Labute approximate surface area is 97.6 Å². The Morgan fingerprint density at radius 3 is 2.41 bits per heavy atom. The normalized spacial score (nSPS) is 9.94. The van der Waals surface area contributed by atoms with Gasteiger partial charge in [0, 0.05) is 25.8 Å². The number of phenolic OH excluding ortho intramolecular Hbond substituents is 3. The number of hydrogen-bond acceptors (Lipinski definition) is 5. The SMILES string of the molecule is COCCNC(=O)Nc1cc(O)c(O)c(O)c1. The predicted octanol–water partition coefficient (Wildman–Crippen LogP) is 0.571. The maximum absolute atomic E-state index is 11.3. The fraction of sp³-hybridized carbons (Fsp3) is 0.300. The number of urea groups is 1. The van der Waals surface area contributed by atoms with Gasteiger partial charge in [-0.05, 0) is 0 Å². The van der Waals surface area contributed by atoms with Crippen molar-refractivity contribution in [1.29, 1.82) is 0 Å². The number of carbonyl (C=O) groups is 1. The quantitative estimate of drug-likeness (QED) is 0.301. The molecule has 0 heterocycles. The van der Waals surface area contributed by atoms with Gasteiger partial charge in [-0.1, -0.05) is 0 Å². The molecule has 17 heavy (non-hydrogen) atoms. The molecule has 7 nitrogen and oxygen atoms in total. The van der Waals surface area contributed by atoms with Gasteiger partial charge in [0.15, 0.2) is 17.2 Å². The zero-order valence-electron chi connectivity index (χ0n) is 9.23. The standard InChI is InChI=1S/C10H14N2O5/c1-17-3-2-11-10(16)12-6-4-7(13)9(15)8(14)5-6/h4-5,13-15H,2-3H2,1H3,(H2,11,12,16). The molecule has 0 aliphatic rings. The second-order valence-electron chi connectivity index (χ2n) is 3.24. The van der Waals surface area contributed by atoms with Crippen LogP contribution in [0, 0.1) is 0 Å². The zero-order valence-corrected chi connectivity index (χ0v) is 9.23. The maximum atomic E-state index is 11.3. The van der Waals surface area contributed by atoms with Crippen LogP contribution in [0.15, 0.2) is 12.1 Å². The van der Waals surface area contributed by atoms with E-state index < -0.39 is 23.3 Å². The van der Waals surface area contributed by atoms with Crippen molar-refractivity contribution < 1.29 is 24.9 Å². The summed E-state index contributed by atoms with van der Waals surface area (Å²) in [7, 11) is 1.51. The van der Waals surface area contributed by atoms with Gasteiger partial charge in [0.2, 0.25) is 0 Å². The lowest BCUT2D eigenvalue weighted by Gasteiger charge is -2.09. The molecule has 0 atom stereocenters. The Morgan fingerprint density at radius 2 is 1.88 bits per heavy atom. The van der Waals surface area contributed by atoms with E-state index in [-0.39, 0.29) is 5.69 Å². The lowest BCUT2D eigenvalue weighted by atomic mass is 10.2. The maximum Gasteiger partial charge on any atom is 0.319 e. The highest BCUT2D eigenvalue weighted by Crippen LogP contribution is 2.37. The summed E-state index contributed by atoms with van der Waals surface area (Å²) in [4.78, 5) is 11.3. The highest BCUT2D eigenvalue weighted by atomic mass is 16.5. The Kier molecular flexibility index (Phi) is 4.41. The highest BCUT2D eigenvalue weighted by Gasteiger charge is 2.09. The van der Waals surface area contributed by atoms with E-state index in [1.165, 1.54) is 7.11 Å². The van der Waals surface area contributed by atoms with Crippen molar-refractivity contribution in [3.8, 4) is 17.2 Å². The van der Waals surface area contributed by atoms with E-state index in [1.807, 2.05) is 0 Å². The van der Waals surface area contributed by atoms with Crippen LogP contribution in [0.3, 0.4) is 0 Å². The molecule has 0 spiro atoms. The second kappa shape index (κ2) is 5.80.